The van der Waals surface area contributed by atoms with Crippen LogP contribution < -0.4 is 10.9 Å². The molecule has 0 saturated carbocycles. The van der Waals surface area contributed by atoms with E-state index in [0.717, 1.165) is 6.07 Å². The predicted molar refractivity (Wildman–Crippen MR) is 85.6 cm³/mol. The molecule has 0 spiro atoms. The molecule has 0 aliphatic heterocycles. The summed E-state index contributed by atoms with van der Waals surface area (Å²) in [5.41, 5.74) is 0.460. The SMILES string of the molecule is Cc1nc2ccc(Cl)cn2c(=O)c1NC(=O)c1cccc(F)c1. The van der Waals surface area contributed by atoms with Crippen LogP contribution in [0.15, 0.2) is 47.4 Å². The Labute approximate surface area is 135 Å². The molecular formula is C16H11ClFN3O2. The lowest BCUT2D eigenvalue weighted by Gasteiger charge is -2.10. The summed E-state index contributed by atoms with van der Waals surface area (Å²) in [6.07, 6.45) is 1.42. The zero-order valence-corrected chi connectivity index (χ0v) is 12.8. The molecule has 0 saturated heterocycles. The number of hydrogen-bond donors (Lipinski definition) is 1. The van der Waals surface area contributed by atoms with Crippen LogP contribution in [0.2, 0.25) is 5.02 Å². The van der Waals surface area contributed by atoms with Crippen molar-refractivity contribution in [2.75, 3.05) is 5.32 Å². The van der Waals surface area contributed by atoms with Gasteiger partial charge in [-0.25, -0.2) is 9.37 Å². The van der Waals surface area contributed by atoms with Gasteiger partial charge in [-0.05, 0) is 37.3 Å². The van der Waals surface area contributed by atoms with Gasteiger partial charge in [0.15, 0.2) is 0 Å². The first-order valence-electron chi connectivity index (χ1n) is 6.71. The number of fused-ring (bicyclic) bond motifs is 1. The summed E-state index contributed by atoms with van der Waals surface area (Å²) in [5, 5.41) is 2.86. The molecule has 0 unspecified atom stereocenters. The van der Waals surface area contributed by atoms with Crippen LogP contribution in [-0.2, 0) is 0 Å². The monoisotopic (exact) mass is 331 g/mol. The average Bonchev–Trinajstić information content (AvgIpc) is 2.52. The number of pyridine rings is 1. The number of aromatic nitrogens is 2. The molecule has 0 atom stereocenters. The number of amides is 1. The Morgan fingerprint density at radius 2 is 2.09 bits per heavy atom. The molecule has 3 rings (SSSR count). The van der Waals surface area contributed by atoms with E-state index in [-0.39, 0.29) is 11.3 Å². The van der Waals surface area contributed by atoms with E-state index in [1.807, 2.05) is 0 Å². The molecule has 23 heavy (non-hydrogen) atoms. The van der Waals surface area contributed by atoms with Gasteiger partial charge in [-0.1, -0.05) is 17.7 Å². The van der Waals surface area contributed by atoms with Gasteiger partial charge >= 0.3 is 0 Å². The summed E-state index contributed by atoms with van der Waals surface area (Å²) in [5.74, 6) is -1.12. The Morgan fingerprint density at radius 1 is 1.30 bits per heavy atom. The number of carbonyl (C=O) groups is 1. The molecule has 116 valence electrons. The topological polar surface area (TPSA) is 63.5 Å². The van der Waals surface area contributed by atoms with Gasteiger partial charge in [-0.15, -0.1) is 0 Å². The van der Waals surface area contributed by atoms with Crippen molar-refractivity contribution in [1.82, 2.24) is 9.38 Å². The number of rotatable bonds is 2. The number of anilines is 1. The summed E-state index contributed by atoms with van der Waals surface area (Å²) in [7, 11) is 0. The molecule has 1 N–H and O–H groups in total. The predicted octanol–water partition coefficient (Wildman–Crippen LogP) is 3.05. The number of nitrogens with zero attached hydrogens (tertiary/aromatic N) is 2. The van der Waals surface area contributed by atoms with Crippen LogP contribution >= 0.6 is 11.6 Å². The van der Waals surface area contributed by atoms with E-state index >= 15 is 0 Å². The Kier molecular flexibility index (Phi) is 3.83. The number of halogens is 2. The molecule has 1 amide bonds. The first kappa shape index (κ1) is 15.2. The molecule has 0 radical (unpaired) electrons. The van der Waals surface area contributed by atoms with Gasteiger partial charge in [0.1, 0.15) is 17.2 Å². The van der Waals surface area contributed by atoms with E-state index < -0.39 is 17.3 Å². The first-order valence-corrected chi connectivity index (χ1v) is 7.09. The zero-order chi connectivity index (χ0) is 16.6. The second-order valence-corrected chi connectivity index (χ2v) is 5.35. The van der Waals surface area contributed by atoms with Crippen LogP contribution in [0, 0.1) is 12.7 Å². The third-order valence-corrected chi connectivity index (χ3v) is 3.52. The summed E-state index contributed by atoms with van der Waals surface area (Å²) in [4.78, 5) is 29.0. The van der Waals surface area contributed by atoms with Crippen LogP contribution in [-0.4, -0.2) is 15.3 Å². The van der Waals surface area contributed by atoms with Crippen molar-refractivity contribution in [3.63, 3.8) is 0 Å². The van der Waals surface area contributed by atoms with Crippen molar-refractivity contribution in [1.29, 1.82) is 0 Å². The van der Waals surface area contributed by atoms with Crippen LogP contribution in [0.5, 0.6) is 0 Å². The molecule has 0 aliphatic carbocycles. The molecule has 3 aromatic rings. The highest BCUT2D eigenvalue weighted by Gasteiger charge is 2.14. The second-order valence-electron chi connectivity index (χ2n) is 4.92. The molecule has 2 heterocycles. The molecule has 0 aliphatic rings. The van der Waals surface area contributed by atoms with Gasteiger partial charge in [-0.3, -0.25) is 14.0 Å². The quantitative estimate of drug-likeness (QED) is 0.785. The molecule has 0 bridgehead atoms. The van der Waals surface area contributed by atoms with Crippen molar-refractivity contribution in [3.8, 4) is 0 Å². The number of nitrogens with one attached hydrogen (secondary N) is 1. The smallest absolute Gasteiger partial charge is 0.281 e. The van der Waals surface area contributed by atoms with Crippen LogP contribution in [0.1, 0.15) is 16.1 Å². The zero-order valence-electron chi connectivity index (χ0n) is 12.0. The number of benzene rings is 1. The Morgan fingerprint density at radius 3 is 2.83 bits per heavy atom. The minimum Gasteiger partial charge on any atom is -0.316 e. The van der Waals surface area contributed by atoms with Crippen molar-refractivity contribution in [2.45, 2.75) is 6.92 Å². The maximum absolute atomic E-state index is 13.2. The third kappa shape index (κ3) is 2.93. The normalized spacial score (nSPS) is 10.7. The minimum absolute atomic E-state index is 0.0269. The highest BCUT2D eigenvalue weighted by molar-refractivity contribution is 6.30. The van der Waals surface area contributed by atoms with E-state index in [1.54, 1.807) is 19.1 Å². The second kappa shape index (κ2) is 5.81. The number of aryl methyl sites for hydroxylation is 1. The van der Waals surface area contributed by atoms with Gasteiger partial charge < -0.3 is 5.32 Å². The highest BCUT2D eigenvalue weighted by Crippen LogP contribution is 2.14. The van der Waals surface area contributed by atoms with Crippen molar-refractivity contribution in [2.24, 2.45) is 0 Å². The molecule has 0 fully saturated rings. The lowest BCUT2D eigenvalue weighted by atomic mass is 10.2. The summed E-state index contributed by atoms with van der Waals surface area (Å²) in [6.45, 7) is 1.61. The van der Waals surface area contributed by atoms with Gasteiger partial charge in [0.2, 0.25) is 0 Å². The van der Waals surface area contributed by atoms with E-state index in [9.17, 15) is 14.0 Å². The van der Waals surface area contributed by atoms with Gasteiger partial charge in [0.05, 0.1) is 10.7 Å². The molecule has 5 nitrogen and oxygen atoms in total. The van der Waals surface area contributed by atoms with Crippen LogP contribution in [0.4, 0.5) is 10.1 Å². The van der Waals surface area contributed by atoms with Crippen molar-refractivity contribution in [3.05, 3.63) is 75.0 Å². The van der Waals surface area contributed by atoms with Gasteiger partial charge in [-0.2, -0.15) is 0 Å². The standard InChI is InChI=1S/C16H11ClFN3O2/c1-9-14(20-15(22)10-3-2-4-12(18)7-10)16(23)21-8-11(17)5-6-13(21)19-9/h2-8H,1H3,(H,20,22). The maximum atomic E-state index is 13.2. The van der Waals surface area contributed by atoms with Gasteiger partial charge in [0, 0.05) is 11.8 Å². The summed E-state index contributed by atoms with van der Waals surface area (Å²) >= 11 is 5.89. The first-order chi connectivity index (χ1) is 11.0. The Hall–Kier alpha value is -2.73. The maximum Gasteiger partial charge on any atom is 0.281 e. The van der Waals surface area contributed by atoms with E-state index in [0.29, 0.717) is 16.4 Å². The molecular weight excluding hydrogens is 321 g/mol. The van der Waals surface area contributed by atoms with Crippen molar-refractivity contribution < 1.29 is 9.18 Å². The van der Waals surface area contributed by atoms with E-state index in [1.165, 1.54) is 28.8 Å². The number of carbonyl (C=O) groups excluding carboxylic acids is 1. The van der Waals surface area contributed by atoms with Crippen LogP contribution in [0.3, 0.4) is 0 Å². The fraction of sp³-hybridized carbons (Fsp3) is 0.0625. The van der Waals surface area contributed by atoms with Gasteiger partial charge in [0.25, 0.3) is 11.5 Å². The average molecular weight is 332 g/mol. The minimum atomic E-state index is -0.589. The summed E-state index contributed by atoms with van der Waals surface area (Å²) in [6, 6.07) is 8.42. The lowest BCUT2D eigenvalue weighted by Crippen LogP contribution is -2.25. The van der Waals surface area contributed by atoms with Crippen molar-refractivity contribution >= 4 is 28.8 Å². The lowest BCUT2D eigenvalue weighted by molar-refractivity contribution is 0.102. The Balaban J connectivity index is 2.06. The summed E-state index contributed by atoms with van der Waals surface area (Å²) < 4.78 is 14.5. The third-order valence-electron chi connectivity index (χ3n) is 3.29. The fourth-order valence-electron chi connectivity index (χ4n) is 2.18. The molecule has 2 aromatic heterocycles. The van der Waals surface area contributed by atoms with Crippen LogP contribution in [0.25, 0.3) is 5.65 Å². The molecule has 1 aromatic carbocycles. The fourth-order valence-corrected chi connectivity index (χ4v) is 2.34. The largest absolute Gasteiger partial charge is 0.316 e. The Bertz CT molecular complexity index is 985. The highest BCUT2D eigenvalue weighted by atomic mass is 35.5. The molecule has 7 heteroatoms. The van der Waals surface area contributed by atoms with E-state index in [4.69, 9.17) is 11.6 Å². The van der Waals surface area contributed by atoms with E-state index in [2.05, 4.69) is 10.3 Å². The number of hydrogen-bond acceptors (Lipinski definition) is 3.